The summed E-state index contributed by atoms with van der Waals surface area (Å²) >= 11 is 3.43. The Hall–Kier alpha value is -1.86. The molecule has 1 aliphatic heterocycles. The van der Waals surface area contributed by atoms with Crippen LogP contribution in [0.25, 0.3) is 0 Å². The van der Waals surface area contributed by atoms with E-state index >= 15 is 0 Å². The van der Waals surface area contributed by atoms with Gasteiger partial charge >= 0.3 is 0 Å². The molecule has 0 unspecified atom stereocenters. The molecule has 0 radical (unpaired) electrons. The lowest BCUT2D eigenvalue weighted by molar-refractivity contribution is -0.116. The summed E-state index contributed by atoms with van der Waals surface area (Å²) < 4.78 is 28.5. The van der Waals surface area contributed by atoms with Crippen molar-refractivity contribution >= 4 is 43.2 Å². The smallest absolute Gasteiger partial charge is 0.265 e. The van der Waals surface area contributed by atoms with Crippen molar-refractivity contribution in [3.05, 3.63) is 51.5 Å². The van der Waals surface area contributed by atoms with Crippen LogP contribution in [0.5, 0.6) is 0 Å². The zero-order valence-corrected chi connectivity index (χ0v) is 18.5. The number of carbonyl (C=O) groups excluding carboxylic acids is 1. The van der Waals surface area contributed by atoms with E-state index in [1.54, 1.807) is 18.0 Å². The van der Waals surface area contributed by atoms with Gasteiger partial charge in [-0.3, -0.25) is 9.10 Å². The van der Waals surface area contributed by atoms with Crippen molar-refractivity contribution in [2.75, 3.05) is 16.3 Å². The van der Waals surface area contributed by atoms with Gasteiger partial charge in [0.2, 0.25) is 5.91 Å². The lowest BCUT2D eigenvalue weighted by Gasteiger charge is -2.24. The fourth-order valence-corrected chi connectivity index (χ4v) is 5.95. The fourth-order valence-electron chi connectivity index (χ4n) is 3.63. The van der Waals surface area contributed by atoms with Gasteiger partial charge in [-0.25, -0.2) is 8.42 Å². The van der Waals surface area contributed by atoms with Gasteiger partial charge in [-0.2, -0.15) is 0 Å². The number of aryl methyl sites for hydroxylation is 2. The zero-order valence-electron chi connectivity index (χ0n) is 16.1. The van der Waals surface area contributed by atoms with Crippen molar-refractivity contribution in [3.63, 3.8) is 0 Å². The molecule has 0 aromatic heterocycles. The molecule has 0 spiro atoms. The predicted molar refractivity (Wildman–Crippen MR) is 112 cm³/mol. The van der Waals surface area contributed by atoms with Gasteiger partial charge in [0, 0.05) is 30.2 Å². The van der Waals surface area contributed by atoms with E-state index in [0.717, 1.165) is 16.7 Å². The van der Waals surface area contributed by atoms with Crippen LogP contribution in [0.3, 0.4) is 0 Å². The average Bonchev–Trinajstić information content (AvgIpc) is 2.90. The molecule has 27 heavy (non-hydrogen) atoms. The molecule has 0 bridgehead atoms. The highest BCUT2D eigenvalue weighted by molar-refractivity contribution is 9.10. The first-order valence-corrected chi connectivity index (χ1v) is 11.0. The minimum Gasteiger partial charge on any atom is -0.309 e. The normalized spacial score (nSPS) is 16.4. The maximum Gasteiger partial charge on any atom is 0.265 e. The van der Waals surface area contributed by atoms with E-state index in [0.29, 0.717) is 22.3 Å². The third-order valence-corrected chi connectivity index (χ3v) is 7.76. The molecule has 7 heteroatoms. The molecule has 2 aromatic carbocycles. The minimum absolute atomic E-state index is 0.0131. The molecular weight excluding hydrogens is 428 g/mol. The number of hydrogen-bond acceptors (Lipinski definition) is 3. The highest BCUT2D eigenvalue weighted by Gasteiger charge is 2.33. The van der Waals surface area contributed by atoms with E-state index in [4.69, 9.17) is 0 Å². The molecule has 0 aliphatic carbocycles. The second-order valence-corrected chi connectivity index (χ2v) is 9.91. The molecule has 144 valence electrons. The van der Waals surface area contributed by atoms with Crippen molar-refractivity contribution < 1.29 is 13.2 Å². The monoisotopic (exact) mass is 450 g/mol. The number of fused-ring (bicyclic) bond motifs is 1. The molecule has 5 nitrogen and oxygen atoms in total. The van der Waals surface area contributed by atoms with Crippen LogP contribution in [0.2, 0.25) is 0 Å². The summed E-state index contributed by atoms with van der Waals surface area (Å²) in [5, 5.41) is 0. The Kier molecular flexibility index (Phi) is 5.12. The Labute approximate surface area is 169 Å². The van der Waals surface area contributed by atoms with Gasteiger partial charge in [0.05, 0.1) is 5.69 Å². The van der Waals surface area contributed by atoms with Crippen molar-refractivity contribution in [3.8, 4) is 0 Å². The molecule has 0 saturated carbocycles. The molecule has 1 aliphatic rings. The standard InChI is InChI=1S/C20H23BrN2O3S/c1-12-6-7-13(2)18(8-12)22(5)27(25,26)20-11-19-16(10-17(20)21)9-14(3)23(19)15(4)24/h6-8,10-11,14H,9H2,1-5H3/t14-/m1/s1. The molecule has 1 atom stereocenters. The maximum atomic E-state index is 13.4. The summed E-state index contributed by atoms with van der Waals surface area (Å²) in [5.74, 6) is -0.0881. The first-order chi connectivity index (χ1) is 12.5. The third kappa shape index (κ3) is 3.38. The first kappa shape index (κ1) is 19.9. The molecule has 1 heterocycles. The fraction of sp³-hybridized carbons (Fsp3) is 0.350. The van der Waals surface area contributed by atoms with E-state index in [2.05, 4.69) is 15.9 Å². The van der Waals surface area contributed by atoms with Crippen LogP contribution in [0.4, 0.5) is 11.4 Å². The highest BCUT2D eigenvalue weighted by Crippen LogP contribution is 2.39. The van der Waals surface area contributed by atoms with E-state index in [9.17, 15) is 13.2 Å². The van der Waals surface area contributed by atoms with E-state index in [1.807, 2.05) is 45.0 Å². The number of benzene rings is 2. The van der Waals surface area contributed by atoms with Crippen LogP contribution in [0, 0.1) is 13.8 Å². The van der Waals surface area contributed by atoms with Gasteiger partial charge in [-0.15, -0.1) is 0 Å². The topological polar surface area (TPSA) is 57.7 Å². The number of carbonyl (C=O) groups is 1. The summed E-state index contributed by atoms with van der Waals surface area (Å²) in [6.45, 7) is 7.29. The quantitative estimate of drug-likeness (QED) is 0.704. The zero-order chi connectivity index (χ0) is 20.1. The first-order valence-electron chi connectivity index (χ1n) is 8.72. The Morgan fingerprint density at radius 2 is 1.89 bits per heavy atom. The second-order valence-electron chi connectivity index (χ2n) is 7.12. The number of anilines is 2. The van der Waals surface area contributed by atoms with Crippen LogP contribution >= 0.6 is 15.9 Å². The van der Waals surface area contributed by atoms with Gasteiger partial charge in [-0.05, 0) is 78.0 Å². The number of halogens is 1. The lowest BCUT2D eigenvalue weighted by Crippen LogP contribution is -2.34. The minimum atomic E-state index is -3.80. The van der Waals surface area contributed by atoms with Gasteiger partial charge < -0.3 is 4.90 Å². The van der Waals surface area contributed by atoms with E-state index in [-0.39, 0.29) is 16.8 Å². The number of rotatable bonds is 3. The predicted octanol–water partition coefficient (Wildman–Crippen LogP) is 4.19. The van der Waals surface area contributed by atoms with Gasteiger partial charge in [-0.1, -0.05) is 12.1 Å². The largest absolute Gasteiger partial charge is 0.309 e. The number of amides is 1. The third-order valence-electron chi connectivity index (χ3n) is 5.03. The maximum absolute atomic E-state index is 13.4. The summed E-state index contributed by atoms with van der Waals surface area (Å²) in [4.78, 5) is 13.9. The van der Waals surface area contributed by atoms with Gasteiger partial charge in [0.15, 0.2) is 0 Å². The van der Waals surface area contributed by atoms with Crippen molar-refractivity contribution in [1.29, 1.82) is 0 Å². The Bertz CT molecular complexity index is 1030. The van der Waals surface area contributed by atoms with Crippen molar-refractivity contribution in [1.82, 2.24) is 0 Å². The van der Waals surface area contributed by atoms with Crippen LogP contribution in [0.1, 0.15) is 30.5 Å². The molecule has 0 saturated heterocycles. The molecule has 0 fully saturated rings. The van der Waals surface area contributed by atoms with Gasteiger partial charge in [0.25, 0.3) is 10.0 Å². The average molecular weight is 451 g/mol. The second kappa shape index (κ2) is 6.95. The number of nitrogens with zero attached hydrogens (tertiary/aromatic N) is 2. The van der Waals surface area contributed by atoms with Crippen molar-refractivity contribution in [2.45, 2.75) is 45.1 Å². The van der Waals surface area contributed by atoms with Crippen LogP contribution in [-0.4, -0.2) is 27.4 Å². The van der Waals surface area contributed by atoms with Crippen LogP contribution in [0.15, 0.2) is 39.7 Å². The molecule has 0 N–H and O–H groups in total. The summed E-state index contributed by atoms with van der Waals surface area (Å²) in [7, 11) is -2.24. The molecular formula is C20H23BrN2O3S. The van der Waals surface area contributed by atoms with Crippen LogP contribution in [-0.2, 0) is 21.2 Å². The Morgan fingerprint density at radius 3 is 2.52 bits per heavy atom. The summed E-state index contributed by atoms with van der Waals surface area (Å²) in [5.41, 5.74) is 4.15. The van der Waals surface area contributed by atoms with E-state index in [1.165, 1.54) is 11.2 Å². The SMILES string of the molecule is CC(=O)N1c2cc(S(=O)(=O)N(C)c3cc(C)ccc3C)c(Br)cc2C[C@H]1C. The molecule has 1 amide bonds. The molecule has 2 aromatic rings. The Morgan fingerprint density at radius 1 is 1.22 bits per heavy atom. The summed E-state index contributed by atoms with van der Waals surface area (Å²) in [6.07, 6.45) is 0.709. The number of hydrogen-bond donors (Lipinski definition) is 0. The molecule has 3 rings (SSSR count). The van der Waals surface area contributed by atoms with Crippen molar-refractivity contribution in [2.24, 2.45) is 0 Å². The van der Waals surface area contributed by atoms with Gasteiger partial charge in [0.1, 0.15) is 4.90 Å². The van der Waals surface area contributed by atoms with E-state index < -0.39 is 10.0 Å². The summed E-state index contributed by atoms with van der Waals surface area (Å²) in [6, 6.07) is 9.17. The van der Waals surface area contributed by atoms with Crippen LogP contribution < -0.4 is 9.21 Å². The Balaban J connectivity index is 2.13. The number of sulfonamides is 1. The highest BCUT2D eigenvalue weighted by atomic mass is 79.9. The lowest BCUT2D eigenvalue weighted by atomic mass is 10.1.